The van der Waals surface area contributed by atoms with Gasteiger partial charge in [-0.2, -0.15) is 0 Å². The van der Waals surface area contributed by atoms with Crippen molar-refractivity contribution < 1.29 is 14.3 Å². The SMILES string of the molecule is O=C(c1ccccc1)c1ccccc1N=Cc1c(O)c2ccccc2oc1=O. The molecule has 0 amide bonds. The van der Waals surface area contributed by atoms with Gasteiger partial charge in [0.2, 0.25) is 0 Å². The Balaban J connectivity index is 1.77. The van der Waals surface area contributed by atoms with Crippen molar-refractivity contribution in [1.29, 1.82) is 0 Å². The van der Waals surface area contributed by atoms with E-state index in [1.807, 2.05) is 6.07 Å². The lowest BCUT2D eigenvalue weighted by atomic mass is 10.0. The molecule has 0 aliphatic carbocycles. The molecule has 0 atom stereocenters. The zero-order valence-electron chi connectivity index (χ0n) is 14.7. The number of hydrogen-bond acceptors (Lipinski definition) is 5. The van der Waals surface area contributed by atoms with Crippen LogP contribution in [-0.4, -0.2) is 17.1 Å². The number of para-hydroxylation sites is 2. The van der Waals surface area contributed by atoms with Gasteiger partial charge in [0.25, 0.3) is 0 Å². The predicted octanol–water partition coefficient (Wildman–Crippen LogP) is 4.48. The Morgan fingerprint density at radius 3 is 2.39 bits per heavy atom. The highest BCUT2D eigenvalue weighted by Crippen LogP contribution is 2.26. The minimum absolute atomic E-state index is 0.0688. The lowest BCUT2D eigenvalue weighted by Crippen LogP contribution is -2.07. The van der Waals surface area contributed by atoms with Gasteiger partial charge in [0.1, 0.15) is 16.9 Å². The normalized spacial score (nSPS) is 11.1. The number of carbonyl (C=O) groups excluding carboxylic acids is 1. The van der Waals surface area contributed by atoms with Gasteiger partial charge in [0.05, 0.1) is 11.1 Å². The van der Waals surface area contributed by atoms with Crippen LogP contribution in [-0.2, 0) is 0 Å². The number of rotatable bonds is 4. The summed E-state index contributed by atoms with van der Waals surface area (Å²) in [6, 6.07) is 22.4. The molecule has 0 unspecified atom stereocenters. The molecule has 3 aromatic carbocycles. The van der Waals surface area contributed by atoms with Crippen molar-refractivity contribution in [2.24, 2.45) is 4.99 Å². The second-order valence-electron chi connectivity index (χ2n) is 6.12. The fourth-order valence-corrected chi connectivity index (χ4v) is 2.92. The molecule has 1 heterocycles. The number of benzene rings is 3. The zero-order valence-corrected chi connectivity index (χ0v) is 14.7. The first kappa shape index (κ1) is 17.4. The highest BCUT2D eigenvalue weighted by atomic mass is 16.4. The number of hydrogen-bond donors (Lipinski definition) is 1. The molecule has 0 saturated carbocycles. The summed E-state index contributed by atoms with van der Waals surface area (Å²) in [5.74, 6) is -0.384. The Kier molecular flexibility index (Phi) is 4.56. The number of aliphatic imine (C=N–C) groups is 1. The number of carbonyl (C=O) groups is 1. The molecule has 1 N–H and O–H groups in total. The summed E-state index contributed by atoms with van der Waals surface area (Å²) in [5.41, 5.74) is 0.852. The van der Waals surface area contributed by atoms with Gasteiger partial charge in [0, 0.05) is 17.3 Å². The summed E-state index contributed by atoms with van der Waals surface area (Å²) in [7, 11) is 0. The first-order chi connectivity index (χ1) is 13.6. The summed E-state index contributed by atoms with van der Waals surface area (Å²) in [6.07, 6.45) is 1.23. The van der Waals surface area contributed by atoms with E-state index in [1.165, 1.54) is 6.21 Å². The van der Waals surface area contributed by atoms with E-state index in [1.54, 1.807) is 72.8 Å². The van der Waals surface area contributed by atoms with E-state index in [9.17, 15) is 14.7 Å². The van der Waals surface area contributed by atoms with Crippen LogP contribution in [0.3, 0.4) is 0 Å². The van der Waals surface area contributed by atoms with Gasteiger partial charge < -0.3 is 9.52 Å². The highest BCUT2D eigenvalue weighted by molar-refractivity contribution is 6.12. The second kappa shape index (κ2) is 7.32. The largest absolute Gasteiger partial charge is 0.506 e. The molecule has 136 valence electrons. The highest BCUT2D eigenvalue weighted by Gasteiger charge is 2.14. The molecule has 5 nitrogen and oxygen atoms in total. The van der Waals surface area contributed by atoms with Gasteiger partial charge in [0.15, 0.2) is 5.78 Å². The van der Waals surface area contributed by atoms with Crippen molar-refractivity contribution in [3.05, 3.63) is 106 Å². The molecule has 5 heteroatoms. The zero-order chi connectivity index (χ0) is 19.5. The summed E-state index contributed by atoms with van der Waals surface area (Å²) in [4.78, 5) is 29.3. The summed E-state index contributed by atoms with van der Waals surface area (Å²) in [5, 5.41) is 10.9. The van der Waals surface area contributed by atoms with E-state index in [2.05, 4.69) is 4.99 Å². The maximum atomic E-state index is 12.8. The summed E-state index contributed by atoms with van der Waals surface area (Å²) < 4.78 is 5.24. The van der Waals surface area contributed by atoms with Gasteiger partial charge >= 0.3 is 5.63 Å². The van der Waals surface area contributed by atoms with Gasteiger partial charge in [-0.15, -0.1) is 0 Å². The number of ketones is 1. The van der Waals surface area contributed by atoms with Crippen molar-refractivity contribution in [3.63, 3.8) is 0 Å². The van der Waals surface area contributed by atoms with Crippen molar-refractivity contribution in [3.8, 4) is 5.75 Å². The van der Waals surface area contributed by atoms with E-state index >= 15 is 0 Å². The van der Waals surface area contributed by atoms with Crippen molar-refractivity contribution in [1.82, 2.24) is 0 Å². The maximum absolute atomic E-state index is 12.8. The predicted molar refractivity (Wildman–Crippen MR) is 108 cm³/mol. The molecule has 0 spiro atoms. The van der Waals surface area contributed by atoms with Gasteiger partial charge in [-0.25, -0.2) is 4.79 Å². The fourth-order valence-electron chi connectivity index (χ4n) is 2.92. The Labute approximate surface area is 160 Å². The van der Waals surface area contributed by atoms with E-state index in [0.717, 1.165) is 0 Å². The Hall–Kier alpha value is -3.99. The van der Waals surface area contributed by atoms with Crippen LogP contribution in [0.4, 0.5) is 5.69 Å². The van der Waals surface area contributed by atoms with Gasteiger partial charge in [-0.3, -0.25) is 9.79 Å². The average molecular weight is 369 g/mol. The van der Waals surface area contributed by atoms with Gasteiger partial charge in [-0.05, 0) is 24.3 Å². The quantitative estimate of drug-likeness (QED) is 0.327. The first-order valence-corrected chi connectivity index (χ1v) is 8.63. The lowest BCUT2D eigenvalue weighted by molar-refractivity contribution is 0.103. The molecule has 4 aromatic rings. The third-order valence-corrected chi connectivity index (χ3v) is 4.34. The molecule has 0 aliphatic rings. The number of nitrogens with zero attached hydrogens (tertiary/aromatic N) is 1. The van der Waals surface area contributed by atoms with E-state index in [0.29, 0.717) is 27.8 Å². The first-order valence-electron chi connectivity index (χ1n) is 8.63. The Morgan fingerprint density at radius 1 is 0.893 bits per heavy atom. The third-order valence-electron chi connectivity index (χ3n) is 4.34. The van der Waals surface area contributed by atoms with Crippen LogP contribution < -0.4 is 5.63 Å². The molecule has 1 aromatic heterocycles. The minimum atomic E-state index is -0.702. The van der Waals surface area contributed by atoms with Crippen molar-refractivity contribution in [2.45, 2.75) is 0 Å². The van der Waals surface area contributed by atoms with Crippen LogP contribution >= 0.6 is 0 Å². The van der Waals surface area contributed by atoms with E-state index < -0.39 is 5.63 Å². The average Bonchev–Trinajstić information content (AvgIpc) is 2.74. The van der Waals surface area contributed by atoms with Crippen LogP contribution in [0.5, 0.6) is 5.75 Å². The molecular weight excluding hydrogens is 354 g/mol. The Bertz CT molecular complexity index is 1260. The second-order valence-corrected chi connectivity index (χ2v) is 6.12. The van der Waals surface area contributed by atoms with Crippen LogP contribution in [0.15, 0.2) is 93.1 Å². The van der Waals surface area contributed by atoms with E-state index in [-0.39, 0.29) is 17.1 Å². The fraction of sp³-hybridized carbons (Fsp3) is 0. The van der Waals surface area contributed by atoms with Crippen molar-refractivity contribution >= 4 is 28.7 Å². The molecule has 0 saturated heterocycles. The van der Waals surface area contributed by atoms with Crippen LogP contribution in [0, 0.1) is 0 Å². The molecule has 4 rings (SSSR count). The molecule has 0 bridgehead atoms. The summed E-state index contributed by atoms with van der Waals surface area (Å²) >= 11 is 0. The minimum Gasteiger partial charge on any atom is -0.506 e. The monoisotopic (exact) mass is 369 g/mol. The third kappa shape index (κ3) is 3.21. The van der Waals surface area contributed by atoms with Crippen molar-refractivity contribution in [2.75, 3.05) is 0 Å². The Morgan fingerprint density at radius 2 is 1.57 bits per heavy atom. The van der Waals surface area contributed by atoms with Crippen LogP contribution in [0.2, 0.25) is 0 Å². The van der Waals surface area contributed by atoms with E-state index in [4.69, 9.17) is 4.42 Å². The topological polar surface area (TPSA) is 79.9 Å². The maximum Gasteiger partial charge on any atom is 0.348 e. The standard InChI is InChI=1S/C23H15NO4/c25-21(15-8-2-1-3-9-15)16-10-4-6-12-19(16)24-14-18-22(26)17-11-5-7-13-20(17)28-23(18)27/h1-14,26H. The lowest BCUT2D eigenvalue weighted by Gasteiger charge is -2.05. The smallest absolute Gasteiger partial charge is 0.348 e. The molecule has 0 fully saturated rings. The molecule has 28 heavy (non-hydrogen) atoms. The van der Waals surface area contributed by atoms with Gasteiger partial charge in [-0.1, -0.05) is 54.6 Å². The molecule has 0 radical (unpaired) electrons. The number of aromatic hydroxyl groups is 1. The summed E-state index contributed by atoms with van der Waals surface area (Å²) in [6.45, 7) is 0. The molecular formula is C23H15NO4. The molecule has 0 aliphatic heterocycles. The van der Waals surface area contributed by atoms with Crippen LogP contribution in [0.25, 0.3) is 11.0 Å². The van der Waals surface area contributed by atoms with Crippen LogP contribution in [0.1, 0.15) is 21.5 Å². The number of fused-ring (bicyclic) bond motifs is 1.